The number of rotatable bonds is 3. The van der Waals surface area contributed by atoms with Gasteiger partial charge in [0.15, 0.2) is 5.82 Å². The third-order valence-corrected chi connectivity index (χ3v) is 3.70. The highest BCUT2D eigenvalue weighted by Gasteiger charge is 2.17. The van der Waals surface area contributed by atoms with Gasteiger partial charge in [-0.2, -0.15) is 0 Å². The standard InChI is InChI=1S/C14H19N5/c1-11-7-13(4-3-12(11)8-15-2)18-5-6-19-10-16-17-14(19)9-18/h3-4,7,10,15H,5-6,8-9H2,1-2H3. The van der Waals surface area contributed by atoms with Crippen LogP contribution in [0.5, 0.6) is 0 Å². The summed E-state index contributed by atoms with van der Waals surface area (Å²) in [4.78, 5) is 2.36. The Kier molecular flexibility index (Phi) is 3.21. The Bertz CT molecular complexity index is 575. The minimum Gasteiger partial charge on any atom is -0.362 e. The average Bonchev–Trinajstić information content (AvgIpc) is 2.88. The van der Waals surface area contributed by atoms with E-state index in [0.29, 0.717) is 0 Å². The molecule has 0 saturated carbocycles. The lowest BCUT2D eigenvalue weighted by atomic mass is 10.1. The predicted octanol–water partition coefficient (Wildman–Crippen LogP) is 1.33. The Labute approximate surface area is 113 Å². The smallest absolute Gasteiger partial charge is 0.152 e. The molecular weight excluding hydrogens is 238 g/mol. The van der Waals surface area contributed by atoms with Gasteiger partial charge in [-0.3, -0.25) is 0 Å². The Morgan fingerprint density at radius 1 is 1.32 bits per heavy atom. The van der Waals surface area contributed by atoms with Gasteiger partial charge in [0.05, 0.1) is 6.54 Å². The van der Waals surface area contributed by atoms with Gasteiger partial charge >= 0.3 is 0 Å². The number of fused-ring (bicyclic) bond motifs is 1. The van der Waals surface area contributed by atoms with Crippen LogP contribution in [0.2, 0.25) is 0 Å². The second kappa shape index (κ2) is 5.01. The Morgan fingerprint density at radius 3 is 3.00 bits per heavy atom. The molecule has 0 radical (unpaired) electrons. The fourth-order valence-electron chi connectivity index (χ4n) is 2.55. The van der Waals surface area contributed by atoms with Gasteiger partial charge in [0.1, 0.15) is 6.33 Å². The van der Waals surface area contributed by atoms with Crippen molar-refractivity contribution in [3.05, 3.63) is 41.5 Å². The first-order valence-electron chi connectivity index (χ1n) is 6.63. The van der Waals surface area contributed by atoms with E-state index in [2.05, 4.69) is 50.1 Å². The summed E-state index contributed by atoms with van der Waals surface area (Å²) in [6.07, 6.45) is 1.81. The molecule has 1 N–H and O–H groups in total. The minimum atomic E-state index is 0.838. The van der Waals surface area contributed by atoms with Crippen LogP contribution in [-0.2, 0) is 19.6 Å². The van der Waals surface area contributed by atoms with Crippen LogP contribution in [0.3, 0.4) is 0 Å². The van der Waals surface area contributed by atoms with Crippen molar-refractivity contribution in [2.45, 2.75) is 26.6 Å². The molecule has 1 aliphatic heterocycles. The van der Waals surface area contributed by atoms with Crippen LogP contribution in [-0.4, -0.2) is 28.4 Å². The molecule has 100 valence electrons. The monoisotopic (exact) mass is 257 g/mol. The number of aryl methyl sites for hydroxylation is 1. The second-order valence-electron chi connectivity index (χ2n) is 5.00. The first-order valence-corrected chi connectivity index (χ1v) is 6.63. The van der Waals surface area contributed by atoms with Crippen LogP contribution >= 0.6 is 0 Å². The number of benzene rings is 1. The molecule has 0 amide bonds. The molecular formula is C14H19N5. The third-order valence-electron chi connectivity index (χ3n) is 3.70. The summed E-state index contributed by atoms with van der Waals surface area (Å²) >= 11 is 0. The number of hydrogen-bond acceptors (Lipinski definition) is 4. The SMILES string of the molecule is CNCc1ccc(N2CCn3cnnc3C2)cc1C. The number of nitrogens with zero attached hydrogens (tertiary/aromatic N) is 4. The molecule has 2 aromatic rings. The fraction of sp³-hybridized carbons (Fsp3) is 0.429. The Balaban J connectivity index is 1.82. The van der Waals surface area contributed by atoms with Crippen LogP contribution in [0, 0.1) is 6.92 Å². The van der Waals surface area contributed by atoms with Gasteiger partial charge in [0.25, 0.3) is 0 Å². The van der Waals surface area contributed by atoms with Crippen molar-refractivity contribution in [2.75, 3.05) is 18.5 Å². The zero-order valence-electron chi connectivity index (χ0n) is 11.4. The third kappa shape index (κ3) is 2.33. The minimum absolute atomic E-state index is 0.838. The molecule has 5 nitrogen and oxygen atoms in total. The lowest BCUT2D eigenvalue weighted by molar-refractivity contribution is 0.560. The zero-order chi connectivity index (χ0) is 13.2. The van der Waals surface area contributed by atoms with Crippen LogP contribution < -0.4 is 10.2 Å². The summed E-state index contributed by atoms with van der Waals surface area (Å²) in [6, 6.07) is 6.67. The zero-order valence-corrected chi connectivity index (χ0v) is 11.4. The summed E-state index contributed by atoms with van der Waals surface area (Å²) in [7, 11) is 1.98. The summed E-state index contributed by atoms with van der Waals surface area (Å²) in [6.45, 7) is 5.89. The van der Waals surface area contributed by atoms with Crippen molar-refractivity contribution >= 4 is 5.69 Å². The summed E-state index contributed by atoms with van der Waals surface area (Å²) in [5.41, 5.74) is 3.96. The number of aromatic nitrogens is 3. The lowest BCUT2D eigenvalue weighted by Crippen LogP contribution is -2.33. The van der Waals surface area contributed by atoms with E-state index in [1.807, 2.05) is 13.4 Å². The number of anilines is 1. The molecule has 1 aromatic heterocycles. The highest BCUT2D eigenvalue weighted by molar-refractivity contribution is 5.51. The van der Waals surface area contributed by atoms with Crippen molar-refractivity contribution < 1.29 is 0 Å². The van der Waals surface area contributed by atoms with E-state index in [1.165, 1.54) is 16.8 Å². The normalized spacial score (nSPS) is 14.5. The molecule has 2 heterocycles. The van der Waals surface area contributed by atoms with Crippen LogP contribution in [0.15, 0.2) is 24.5 Å². The molecule has 0 unspecified atom stereocenters. The van der Waals surface area contributed by atoms with E-state index < -0.39 is 0 Å². The number of nitrogens with one attached hydrogen (secondary N) is 1. The largest absolute Gasteiger partial charge is 0.362 e. The summed E-state index contributed by atoms with van der Waals surface area (Å²) in [5.74, 6) is 1.04. The molecule has 0 atom stereocenters. The van der Waals surface area contributed by atoms with E-state index in [-0.39, 0.29) is 0 Å². The van der Waals surface area contributed by atoms with E-state index >= 15 is 0 Å². The molecule has 0 fully saturated rings. The molecule has 0 bridgehead atoms. The second-order valence-corrected chi connectivity index (χ2v) is 5.00. The first kappa shape index (κ1) is 12.2. The van der Waals surface area contributed by atoms with Gasteiger partial charge in [-0.1, -0.05) is 6.07 Å². The highest BCUT2D eigenvalue weighted by Crippen LogP contribution is 2.22. The van der Waals surface area contributed by atoms with E-state index in [1.54, 1.807) is 0 Å². The van der Waals surface area contributed by atoms with Crippen LogP contribution in [0.1, 0.15) is 17.0 Å². The highest BCUT2D eigenvalue weighted by atomic mass is 15.3. The molecule has 1 aliphatic rings. The van der Waals surface area contributed by atoms with Crippen molar-refractivity contribution in [3.63, 3.8) is 0 Å². The summed E-state index contributed by atoms with van der Waals surface area (Å²) in [5, 5.41) is 11.3. The van der Waals surface area contributed by atoms with Gasteiger partial charge < -0.3 is 14.8 Å². The van der Waals surface area contributed by atoms with E-state index in [4.69, 9.17) is 0 Å². The fourth-order valence-corrected chi connectivity index (χ4v) is 2.55. The number of hydrogen-bond donors (Lipinski definition) is 1. The van der Waals surface area contributed by atoms with Crippen LogP contribution in [0.4, 0.5) is 5.69 Å². The quantitative estimate of drug-likeness (QED) is 0.901. The van der Waals surface area contributed by atoms with Crippen molar-refractivity contribution in [1.29, 1.82) is 0 Å². The van der Waals surface area contributed by atoms with E-state index in [0.717, 1.165) is 32.0 Å². The molecule has 0 aliphatic carbocycles. The maximum atomic E-state index is 4.16. The van der Waals surface area contributed by atoms with E-state index in [9.17, 15) is 0 Å². The average molecular weight is 257 g/mol. The van der Waals surface area contributed by atoms with Gasteiger partial charge in [-0.15, -0.1) is 10.2 Å². The summed E-state index contributed by atoms with van der Waals surface area (Å²) < 4.78 is 2.12. The van der Waals surface area contributed by atoms with Gasteiger partial charge in [0.2, 0.25) is 0 Å². The van der Waals surface area contributed by atoms with Gasteiger partial charge in [0, 0.05) is 25.3 Å². The van der Waals surface area contributed by atoms with Crippen LogP contribution in [0.25, 0.3) is 0 Å². The van der Waals surface area contributed by atoms with Gasteiger partial charge in [-0.05, 0) is 37.2 Å². The topological polar surface area (TPSA) is 46.0 Å². The Morgan fingerprint density at radius 2 is 2.21 bits per heavy atom. The van der Waals surface area contributed by atoms with Crippen molar-refractivity contribution in [1.82, 2.24) is 20.1 Å². The maximum Gasteiger partial charge on any atom is 0.152 e. The molecule has 19 heavy (non-hydrogen) atoms. The molecule has 1 aromatic carbocycles. The Hall–Kier alpha value is -1.88. The van der Waals surface area contributed by atoms with Crippen molar-refractivity contribution in [3.8, 4) is 0 Å². The molecule has 3 rings (SSSR count). The molecule has 0 saturated heterocycles. The van der Waals surface area contributed by atoms with Gasteiger partial charge in [-0.25, -0.2) is 0 Å². The first-order chi connectivity index (χ1) is 9.28. The molecule has 5 heteroatoms. The maximum absolute atomic E-state index is 4.16. The molecule has 0 spiro atoms. The predicted molar refractivity (Wildman–Crippen MR) is 75.0 cm³/mol. The van der Waals surface area contributed by atoms with Crippen molar-refractivity contribution in [2.24, 2.45) is 0 Å². The lowest BCUT2D eigenvalue weighted by Gasteiger charge is -2.29.